The van der Waals surface area contributed by atoms with Gasteiger partial charge in [-0.2, -0.15) is 5.10 Å². The third-order valence-corrected chi connectivity index (χ3v) is 8.18. The summed E-state index contributed by atoms with van der Waals surface area (Å²) in [6, 6.07) is 16.6. The van der Waals surface area contributed by atoms with Crippen molar-refractivity contribution in [2.75, 3.05) is 25.5 Å². The van der Waals surface area contributed by atoms with E-state index in [1.165, 1.54) is 19.3 Å². The highest BCUT2D eigenvalue weighted by Gasteiger charge is 2.26. The molecule has 4 aromatic rings. The molecular formula is C32H32ClN5O4. The number of ether oxygens (including phenoxy) is 1. The van der Waals surface area contributed by atoms with E-state index in [0.29, 0.717) is 28.8 Å². The predicted octanol–water partition coefficient (Wildman–Crippen LogP) is 5.14. The largest absolute Gasteiger partial charge is 0.481 e. The van der Waals surface area contributed by atoms with Gasteiger partial charge in [0, 0.05) is 54.6 Å². The Morgan fingerprint density at radius 3 is 2.55 bits per heavy atom. The molecule has 1 atom stereocenters. The Balaban J connectivity index is 1.43. The first-order valence-corrected chi connectivity index (χ1v) is 14.0. The molecule has 2 aromatic carbocycles. The lowest BCUT2D eigenvalue weighted by Gasteiger charge is -2.18. The lowest BCUT2D eigenvalue weighted by atomic mass is 9.96. The van der Waals surface area contributed by atoms with E-state index in [-0.39, 0.29) is 17.3 Å². The fourth-order valence-electron chi connectivity index (χ4n) is 5.33. The topological polar surface area (TPSA) is 106 Å². The summed E-state index contributed by atoms with van der Waals surface area (Å²) in [6.45, 7) is 5.80. The number of hydrogen-bond donors (Lipinski definition) is 1. The number of Topliss-reactive ketones (excluding diaryl/α,β-unsaturated/α-hetero) is 1. The van der Waals surface area contributed by atoms with Crippen molar-refractivity contribution in [3.8, 4) is 28.3 Å². The Labute approximate surface area is 249 Å². The number of benzene rings is 2. The molecule has 1 aliphatic heterocycles. The van der Waals surface area contributed by atoms with Crippen LogP contribution in [0.25, 0.3) is 22.4 Å². The summed E-state index contributed by atoms with van der Waals surface area (Å²) in [4.78, 5) is 44.1. The van der Waals surface area contributed by atoms with E-state index in [9.17, 15) is 14.4 Å². The van der Waals surface area contributed by atoms with Crippen LogP contribution >= 0.6 is 11.6 Å². The second kappa shape index (κ2) is 12.3. The number of nitrogens with one attached hydrogen (secondary N) is 1. The maximum absolute atomic E-state index is 12.9. The average Bonchev–Trinajstić information content (AvgIpc) is 3.45. The number of carbonyl (C=O) groups is 2. The highest BCUT2D eigenvalue weighted by Crippen LogP contribution is 2.39. The Morgan fingerprint density at radius 2 is 1.81 bits per heavy atom. The SMILES string of the molecule is COc1nc(-c2cccc(-c3cccc(NC(=O)c4ccnn(C)c4=O)c3C)c2Cl)ccc1CN1CC[C@@H](C(C)=O)C1. The van der Waals surface area contributed by atoms with Gasteiger partial charge in [0.25, 0.3) is 11.5 Å². The molecule has 216 valence electrons. The van der Waals surface area contributed by atoms with E-state index in [2.05, 4.69) is 15.3 Å². The van der Waals surface area contributed by atoms with Crippen molar-refractivity contribution in [1.29, 1.82) is 0 Å². The Hall–Kier alpha value is -4.34. The predicted molar refractivity (Wildman–Crippen MR) is 163 cm³/mol. The summed E-state index contributed by atoms with van der Waals surface area (Å²) in [7, 11) is 3.09. The van der Waals surface area contributed by atoms with Crippen molar-refractivity contribution in [2.45, 2.75) is 26.8 Å². The molecule has 1 fully saturated rings. The van der Waals surface area contributed by atoms with Crippen LogP contribution in [0.5, 0.6) is 5.88 Å². The zero-order chi connectivity index (χ0) is 30.0. The molecule has 42 heavy (non-hydrogen) atoms. The number of amides is 1. The number of aryl methyl sites for hydroxylation is 1. The molecule has 1 N–H and O–H groups in total. The third kappa shape index (κ3) is 5.84. The minimum Gasteiger partial charge on any atom is -0.481 e. The number of rotatable bonds is 8. The van der Waals surface area contributed by atoms with E-state index in [0.717, 1.165) is 52.0 Å². The maximum Gasteiger partial charge on any atom is 0.279 e. The molecule has 0 unspecified atom stereocenters. The molecule has 1 aliphatic rings. The van der Waals surface area contributed by atoms with Gasteiger partial charge in [0.1, 0.15) is 11.3 Å². The van der Waals surface area contributed by atoms with Gasteiger partial charge in [-0.25, -0.2) is 9.67 Å². The van der Waals surface area contributed by atoms with E-state index < -0.39 is 11.5 Å². The molecular weight excluding hydrogens is 554 g/mol. The number of ketones is 1. The summed E-state index contributed by atoms with van der Waals surface area (Å²) in [6.07, 6.45) is 2.29. The standard InChI is InChI=1S/C32H32ClN5O4/c1-19-23(7-6-10-27(19)35-30(40)26-13-15-34-37(3)32(26)41)24-8-5-9-25(29(24)33)28-12-11-22(31(36-28)42-4)18-38-16-14-21(17-38)20(2)39/h5-13,15,21H,14,16-18H2,1-4H3,(H,35,40)/t21-/m1/s1. The molecule has 10 heteroatoms. The first kappa shape index (κ1) is 29.2. The highest BCUT2D eigenvalue weighted by molar-refractivity contribution is 6.36. The normalized spacial score (nSPS) is 15.0. The van der Waals surface area contributed by atoms with Crippen molar-refractivity contribution in [1.82, 2.24) is 19.7 Å². The fourth-order valence-corrected chi connectivity index (χ4v) is 5.66. The van der Waals surface area contributed by atoms with Gasteiger partial charge in [0.05, 0.1) is 17.8 Å². The van der Waals surface area contributed by atoms with Gasteiger partial charge >= 0.3 is 0 Å². The Morgan fingerprint density at radius 1 is 1.07 bits per heavy atom. The molecule has 0 saturated carbocycles. The second-order valence-electron chi connectivity index (χ2n) is 10.5. The van der Waals surface area contributed by atoms with Gasteiger partial charge in [-0.3, -0.25) is 19.3 Å². The van der Waals surface area contributed by atoms with Crippen LogP contribution in [-0.2, 0) is 18.4 Å². The molecule has 2 aromatic heterocycles. The molecule has 0 spiro atoms. The molecule has 0 aliphatic carbocycles. The summed E-state index contributed by atoms with van der Waals surface area (Å²) >= 11 is 7.00. The van der Waals surface area contributed by atoms with Gasteiger partial charge in [0.2, 0.25) is 5.88 Å². The van der Waals surface area contributed by atoms with E-state index in [1.807, 2.05) is 49.4 Å². The maximum atomic E-state index is 12.9. The number of halogens is 1. The smallest absolute Gasteiger partial charge is 0.279 e. The summed E-state index contributed by atoms with van der Waals surface area (Å²) in [5, 5.41) is 7.24. The van der Waals surface area contributed by atoms with Crippen LogP contribution in [0, 0.1) is 12.8 Å². The first-order chi connectivity index (χ1) is 20.2. The van der Waals surface area contributed by atoms with Crippen LogP contribution in [0.4, 0.5) is 5.69 Å². The number of carbonyl (C=O) groups excluding carboxylic acids is 2. The summed E-state index contributed by atoms with van der Waals surface area (Å²) in [5.74, 6) is 0.321. The molecule has 0 radical (unpaired) electrons. The van der Waals surface area contributed by atoms with Crippen LogP contribution < -0.4 is 15.6 Å². The molecule has 1 amide bonds. The second-order valence-corrected chi connectivity index (χ2v) is 10.8. The van der Waals surface area contributed by atoms with Gasteiger partial charge in [0.15, 0.2) is 0 Å². The zero-order valence-electron chi connectivity index (χ0n) is 24.0. The lowest BCUT2D eigenvalue weighted by Crippen LogP contribution is -2.28. The van der Waals surface area contributed by atoms with Crippen molar-refractivity contribution >= 4 is 29.0 Å². The quantitative estimate of drug-likeness (QED) is 0.305. The number of pyridine rings is 1. The van der Waals surface area contributed by atoms with E-state index >= 15 is 0 Å². The third-order valence-electron chi connectivity index (χ3n) is 7.77. The molecule has 1 saturated heterocycles. The minimum absolute atomic E-state index is 0.00389. The molecule has 0 bridgehead atoms. The van der Waals surface area contributed by atoms with Crippen molar-refractivity contribution in [3.63, 3.8) is 0 Å². The number of anilines is 1. The van der Waals surface area contributed by atoms with E-state index in [4.69, 9.17) is 21.3 Å². The molecule has 9 nitrogen and oxygen atoms in total. The van der Waals surface area contributed by atoms with Gasteiger partial charge < -0.3 is 10.1 Å². The number of hydrogen-bond acceptors (Lipinski definition) is 7. The van der Waals surface area contributed by atoms with E-state index in [1.54, 1.807) is 20.1 Å². The van der Waals surface area contributed by atoms with Crippen LogP contribution in [0.1, 0.15) is 34.8 Å². The van der Waals surface area contributed by atoms with Crippen molar-refractivity contribution < 1.29 is 14.3 Å². The van der Waals surface area contributed by atoms with Crippen molar-refractivity contribution in [3.05, 3.63) is 92.9 Å². The molecule has 3 heterocycles. The lowest BCUT2D eigenvalue weighted by molar-refractivity contribution is -0.120. The van der Waals surface area contributed by atoms with Gasteiger partial charge in [-0.1, -0.05) is 48.0 Å². The van der Waals surface area contributed by atoms with Crippen LogP contribution in [0.2, 0.25) is 5.02 Å². The minimum atomic E-state index is -0.514. The molecule has 5 rings (SSSR count). The van der Waals surface area contributed by atoms with Crippen LogP contribution in [0.15, 0.2) is 65.6 Å². The number of aromatic nitrogens is 3. The average molecular weight is 586 g/mol. The first-order valence-electron chi connectivity index (χ1n) is 13.7. The number of methoxy groups -OCH3 is 1. The Bertz CT molecular complexity index is 1730. The highest BCUT2D eigenvalue weighted by atomic mass is 35.5. The van der Waals surface area contributed by atoms with Gasteiger partial charge in [-0.05, 0) is 56.1 Å². The summed E-state index contributed by atoms with van der Waals surface area (Å²) in [5.41, 5.74) is 4.85. The Kier molecular flexibility index (Phi) is 8.51. The number of likely N-dealkylation sites (tertiary alicyclic amines) is 1. The zero-order valence-corrected chi connectivity index (χ0v) is 24.7. The number of nitrogens with zero attached hydrogens (tertiary/aromatic N) is 4. The van der Waals surface area contributed by atoms with Crippen molar-refractivity contribution in [2.24, 2.45) is 13.0 Å². The van der Waals surface area contributed by atoms with Crippen LogP contribution in [0.3, 0.4) is 0 Å². The fraction of sp³-hybridized carbons (Fsp3) is 0.281. The monoisotopic (exact) mass is 585 g/mol. The van der Waals surface area contributed by atoms with Crippen LogP contribution in [-0.4, -0.2) is 51.6 Å². The van der Waals surface area contributed by atoms with Gasteiger partial charge in [-0.15, -0.1) is 0 Å². The summed E-state index contributed by atoms with van der Waals surface area (Å²) < 4.78 is 6.78.